The Morgan fingerprint density at radius 2 is 1.76 bits per heavy atom. The highest BCUT2D eigenvalue weighted by Crippen LogP contribution is 2.25. The lowest BCUT2D eigenvalue weighted by Gasteiger charge is -2.11. The second kappa shape index (κ2) is 5.01. The Kier molecular flexibility index (Phi) is 3.43. The molecule has 0 saturated carbocycles. The van der Waals surface area contributed by atoms with E-state index in [4.69, 9.17) is 16.9 Å². The maximum absolute atomic E-state index is 10.2. The van der Waals surface area contributed by atoms with Gasteiger partial charge >= 0.3 is 0 Å². The molecule has 0 radical (unpaired) electrons. The average Bonchev–Trinajstić information content (AvgIpc) is 2.39. The first-order chi connectivity index (χ1) is 8.22. The van der Waals surface area contributed by atoms with Gasteiger partial charge in [-0.15, -0.1) is 0 Å². The monoisotopic (exact) mass is 243 g/mol. The first-order valence-corrected chi connectivity index (χ1v) is 5.52. The smallest absolute Gasteiger partial charge is 0.104 e. The molecule has 1 unspecified atom stereocenters. The molecule has 2 aromatic rings. The molecule has 0 aliphatic heterocycles. The van der Waals surface area contributed by atoms with Crippen molar-refractivity contribution in [2.75, 3.05) is 0 Å². The number of nitriles is 1. The highest BCUT2D eigenvalue weighted by Gasteiger charge is 2.11. The van der Waals surface area contributed by atoms with Crippen molar-refractivity contribution < 1.29 is 5.11 Å². The average molecular weight is 244 g/mol. The number of aliphatic hydroxyl groups excluding tert-OH is 1. The summed E-state index contributed by atoms with van der Waals surface area (Å²) in [7, 11) is 0. The second-order valence-electron chi connectivity index (χ2n) is 3.66. The van der Waals surface area contributed by atoms with Crippen LogP contribution in [0.15, 0.2) is 48.5 Å². The van der Waals surface area contributed by atoms with Crippen molar-refractivity contribution in [3.05, 3.63) is 70.2 Å². The molecule has 17 heavy (non-hydrogen) atoms. The van der Waals surface area contributed by atoms with Crippen molar-refractivity contribution in [2.24, 2.45) is 0 Å². The van der Waals surface area contributed by atoms with Crippen molar-refractivity contribution in [1.82, 2.24) is 0 Å². The molecule has 0 aromatic heterocycles. The molecule has 2 nitrogen and oxygen atoms in total. The summed E-state index contributed by atoms with van der Waals surface area (Å²) in [5, 5.41) is 19.4. The van der Waals surface area contributed by atoms with Crippen LogP contribution < -0.4 is 0 Å². The van der Waals surface area contributed by atoms with E-state index >= 15 is 0 Å². The summed E-state index contributed by atoms with van der Waals surface area (Å²) in [6.07, 6.45) is -0.736. The van der Waals surface area contributed by atoms with Crippen LogP contribution in [-0.2, 0) is 0 Å². The van der Waals surface area contributed by atoms with Crippen LogP contribution in [0.2, 0.25) is 5.02 Å². The lowest BCUT2D eigenvalue weighted by Crippen LogP contribution is -1.99. The van der Waals surface area contributed by atoms with Crippen molar-refractivity contribution >= 4 is 11.6 Å². The van der Waals surface area contributed by atoms with Crippen LogP contribution in [0.3, 0.4) is 0 Å². The lowest BCUT2D eigenvalue weighted by molar-refractivity contribution is 0.220. The summed E-state index contributed by atoms with van der Waals surface area (Å²) in [6, 6.07) is 16.2. The summed E-state index contributed by atoms with van der Waals surface area (Å²) in [5.74, 6) is 0. The van der Waals surface area contributed by atoms with Crippen LogP contribution in [0.4, 0.5) is 0 Å². The third-order valence-corrected chi connectivity index (χ3v) is 2.87. The minimum Gasteiger partial charge on any atom is -0.384 e. The van der Waals surface area contributed by atoms with Crippen molar-refractivity contribution in [3.8, 4) is 6.07 Å². The number of hydrogen-bond donors (Lipinski definition) is 1. The molecule has 0 aliphatic carbocycles. The van der Waals surface area contributed by atoms with Crippen LogP contribution in [0, 0.1) is 11.3 Å². The van der Waals surface area contributed by atoms with Crippen LogP contribution in [0.5, 0.6) is 0 Å². The fourth-order valence-corrected chi connectivity index (χ4v) is 1.79. The van der Waals surface area contributed by atoms with Crippen LogP contribution in [-0.4, -0.2) is 5.11 Å². The van der Waals surface area contributed by atoms with E-state index in [-0.39, 0.29) is 0 Å². The summed E-state index contributed by atoms with van der Waals surface area (Å²) in [6.45, 7) is 0. The van der Waals surface area contributed by atoms with E-state index in [1.165, 1.54) is 0 Å². The van der Waals surface area contributed by atoms with E-state index in [1.54, 1.807) is 18.2 Å². The Hall–Kier alpha value is -1.82. The number of halogens is 1. The number of rotatable bonds is 2. The number of benzene rings is 2. The van der Waals surface area contributed by atoms with E-state index < -0.39 is 6.10 Å². The molecular formula is C14H10ClNO. The molecule has 0 aliphatic rings. The molecule has 3 heteroatoms. The fraction of sp³-hybridized carbons (Fsp3) is 0.0714. The predicted molar refractivity (Wildman–Crippen MR) is 66.7 cm³/mol. The van der Waals surface area contributed by atoms with Gasteiger partial charge in [-0.2, -0.15) is 5.26 Å². The van der Waals surface area contributed by atoms with Crippen LogP contribution >= 0.6 is 11.6 Å². The topological polar surface area (TPSA) is 44.0 Å². The van der Waals surface area contributed by atoms with Gasteiger partial charge in [0, 0.05) is 0 Å². The second-order valence-corrected chi connectivity index (χ2v) is 4.07. The maximum atomic E-state index is 10.2. The van der Waals surface area contributed by atoms with E-state index in [0.29, 0.717) is 16.1 Å². The molecule has 0 bridgehead atoms. The molecular weight excluding hydrogens is 234 g/mol. The SMILES string of the molecule is N#Cc1cc(C(O)c2ccccc2)ccc1Cl. The molecule has 1 N–H and O–H groups in total. The standard InChI is InChI=1S/C14H10ClNO/c15-13-7-6-11(8-12(13)9-16)14(17)10-4-2-1-3-5-10/h1-8,14,17H. The van der Waals surface area contributed by atoms with Crippen molar-refractivity contribution in [3.63, 3.8) is 0 Å². The molecule has 1 atom stereocenters. The van der Waals surface area contributed by atoms with Crippen LogP contribution in [0.25, 0.3) is 0 Å². The van der Waals surface area contributed by atoms with Crippen molar-refractivity contribution in [1.29, 1.82) is 5.26 Å². The van der Waals surface area contributed by atoms with Gasteiger partial charge in [0.2, 0.25) is 0 Å². The highest BCUT2D eigenvalue weighted by molar-refractivity contribution is 6.31. The maximum Gasteiger partial charge on any atom is 0.104 e. The number of hydrogen-bond acceptors (Lipinski definition) is 2. The fourth-order valence-electron chi connectivity index (χ4n) is 1.63. The van der Waals surface area contributed by atoms with Crippen LogP contribution in [0.1, 0.15) is 22.8 Å². The number of aliphatic hydroxyl groups is 1. The molecule has 84 valence electrons. The Labute approximate surface area is 105 Å². The molecule has 2 rings (SSSR count). The summed E-state index contributed by atoms with van der Waals surface area (Å²) >= 11 is 5.84. The summed E-state index contributed by atoms with van der Waals surface area (Å²) < 4.78 is 0. The molecule has 0 saturated heterocycles. The predicted octanol–water partition coefficient (Wildman–Crippen LogP) is 3.29. The normalized spacial score (nSPS) is 11.8. The molecule has 0 heterocycles. The Morgan fingerprint density at radius 3 is 2.41 bits per heavy atom. The first-order valence-electron chi connectivity index (χ1n) is 5.15. The van der Waals surface area contributed by atoms with E-state index in [2.05, 4.69) is 0 Å². The molecule has 0 spiro atoms. The van der Waals surface area contributed by atoms with Gasteiger partial charge in [0.05, 0.1) is 10.6 Å². The van der Waals surface area contributed by atoms with Gasteiger partial charge in [-0.3, -0.25) is 0 Å². The van der Waals surface area contributed by atoms with Gasteiger partial charge in [0.25, 0.3) is 0 Å². The van der Waals surface area contributed by atoms with E-state index in [9.17, 15) is 5.11 Å². The van der Waals surface area contributed by atoms with Gasteiger partial charge in [-0.1, -0.05) is 48.0 Å². The van der Waals surface area contributed by atoms with Gasteiger partial charge < -0.3 is 5.11 Å². The van der Waals surface area contributed by atoms with E-state index in [0.717, 1.165) is 5.56 Å². The van der Waals surface area contributed by atoms with Crippen molar-refractivity contribution in [2.45, 2.75) is 6.10 Å². The Bertz CT molecular complexity index is 560. The summed E-state index contributed by atoms with van der Waals surface area (Å²) in [4.78, 5) is 0. The Morgan fingerprint density at radius 1 is 1.06 bits per heavy atom. The third-order valence-electron chi connectivity index (χ3n) is 2.54. The van der Waals surface area contributed by atoms with Gasteiger partial charge in [0.15, 0.2) is 0 Å². The summed E-state index contributed by atoms with van der Waals surface area (Å²) in [5.41, 5.74) is 1.83. The zero-order chi connectivity index (χ0) is 12.3. The van der Waals surface area contributed by atoms with E-state index in [1.807, 2.05) is 36.4 Å². The number of nitrogens with zero attached hydrogens (tertiary/aromatic N) is 1. The lowest BCUT2D eigenvalue weighted by atomic mass is 10.00. The molecule has 0 fully saturated rings. The zero-order valence-corrected chi connectivity index (χ0v) is 9.72. The van der Waals surface area contributed by atoms with Gasteiger partial charge in [-0.25, -0.2) is 0 Å². The minimum atomic E-state index is -0.736. The first kappa shape index (κ1) is 11.7. The zero-order valence-electron chi connectivity index (χ0n) is 8.97. The molecule has 2 aromatic carbocycles. The minimum absolute atomic E-state index is 0.374. The Balaban J connectivity index is 2.39. The van der Waals surface area contributed by atoms with Gasteiger partial charge in [-0.05, 0) is 23.3 Å². The largest absolute Gasteiger partial charge is 0.384 e. The quantitative estimate of drug-likeness (QED) is 0.880. The highest BCUT2D eigenvalue weighted by atomic mass is 35.5. The van der Waals surface area contributed by atoms with Gasteiger partial charge in [0.1, 0.15) is 12.2 Å². The molecule has 0 amide bonds. The third kappa shape index (κ3) is 2.47.